The average Bonchev–Trinajstić information content (AvgIpc) is 3.62. The molecule has 4 aliphatic carbocycles. The lowest BCUT2D eigenvalue weighted by molar-refractivity contribution is -0.140. The van der Waals surface area contributed by atoms with E-state index >= 15 is 0 Å². The largest absolute Gasteiger partial charge is 0.495 e. The van der Waals surface area contributed by atoms with E-state index in [1.807, 2.05) is 6.07 Å². The van der Waals surface area contributed by atoms with Gasteiger partial charge in [-0.25, -0.2) is 0 Å². The molecule has 1 heterocycles. The first kappa shape index (κ1) is 20.5. The maximum absolute atomic E-state index is 13.6. The fourth-order valence-electron chi connectivity index (χ4n) is 6.15. The van der Waals surface area contributed by atoms with Crippen LogP contribution in [0.5, 0.6) is 5.75 Å². The molecule has 1 aliphatic heterocycles. The van der Waals surface area contributed by atoms with E-state index in [0.717, 1.165) is 6.42 Å². The van der Waals surface area contributed by atoms with Crippen molar-refractivity contribution in [2.45, 2.75) is 6.42 Å². The van der Waals surface area contributed by atoms with E-state index in [4.69, 9.17) is 16.3 Å². The highest BCUT2D eigenvalue weighted by Crippen LogP contribution is 2.65. The highest BCUT2D eigenvalue weighted by Gasteiger charge is 2.67. The van der Waals surface area contributed by atoms with Gasteiger partial charge in [0.1, 0.15) is 12.4 Å². The maximum Gasteiger partial charge on any atom is 0.259 e. The van der Waals surface area contributed by atoms with Crippen molar-refractivity contribution < 1.29 is 19.1 Å². The predicted molar refractivity (Wildman–Crippen MR) is 123 cm³/mol. The lowest BCUT2D eigenvalue weighted by Gasteiger charge is -2.37. The zero-order valence-electron chi connectivity index (χ0n) is 18.1. The number of halogens is 1. The number of carbonyl (C=O) groups is 3. The van der Waals surface area contributed by atoms with Gasteiger partial charge in [0.15, 0.2) is 0 Å². The Labute approximate surface area is 196 Å². The molecule has 0 aromatic heterocycles. The minimum Gasteiger partial charge on any atom is -0.495 e. The Morgan fingerprint density at radius 1 is 1.00 bits per heavy atom. The molecule has 7 heteroatoms. The van der Waals surface area contributed by atoms with Crippen molar-refractivity contribution in [3.8, 4) is 5.75 Å². The van der Waals surface area contributed by atoms with E-state index in [9.17, 15) is 14.4 Å². The molecule has 1 saturated heterocycles. The third-order valence-corrected chi connectivity index (χ3v) is 8.00. The van der Waals surface area contributed by atoms with E-state index in [0.29, 0.717) is 33.9 Å². The smallest absolute Gasteiger partial charge is 0.259 e. The van der Waals surface area contributed by atoms with Gasteiger partial charge in [0.2, 0.25) is 11.8 Å². The average molecular weight is 463 g/mol. The van der Waals surface area contributed by atoms with Crippen LogP contribution < -0.4 is 9.64 Å². The Morgan fingerprint density at radius 2 is 1.61 bits per heavy atom. The number of nitrogens with zero attached hydrogens (tertiary/aromatic N) is 2. The molecule has 2 aromatic rings. The third-order valence-electron chi connectivity index (χ3n) is 7.75. The lowest BCUT2D eigenvalue weighted by Crippen LogP contribution is -2.45. The summed E-state index contributed by atoms with van der Waals surface area (Å²) in [4.78, 5) is 43.4. The number of benzene rings is 2. The summed E-state index contributed by atoms with van der Waals surface area (Å²) in [5.74, 6) is 0.531. The summed E-state index contributed by atoms with van der Waals surface area (Å²) in [5.41, 5.74) is 0.907. The Kier molecular flexibility index (Phi) is 4.63. The Hall–Kier alpha value is -3.12. The first-order chi connectivity index (χ1) is 16.0. The standard InChI is InChI=1S/C26H23ClN2O4/c1-33-21-5-3-2-4-20(21)28(24(30)14-6-8-15(27)9-7-14)13-29-25(31)22-16-10-11-17(19-12-18(16)19)23(22)26(29)32/h2-11,16-19,22-23H,12-13H2,1H3/t16-,17-,18-,19-,22+,23+/m0/s1. The normalized spacial score (nSPS) is 30.8. The number of anilines is 1. The van der Waals surface area contributed by atoms with Crippen LogP contribution in [-0.2, 0) is 9.59 Å². The number of rotatable bonds is 5. The fourth-order valence-corrected chi connectivity index (χ4v) is 6.28. The van der Waals surface area contributed by atoms with Gasteiger partial charge in [-0.3, -0.25) is 24.2 Å². The summed E-state index contributed by atoms with van der Waals surface area (Å²) in [6.07, 6.45) is 5.40. The molecule has 33 heavy (non-hydrogen) atoms. The van der Waals surface area contributed by atoms with Gasteiger partial charge in [0, 0.05) is 10.6 Å². The molecule has 0 radical (unpaired) electrons. The molecule has 0 N–H and O–H groups in total. The zero-order valence-corrected chi connectivity index (χ0v) is 18.8. The van der Waals surface area contributed by atoms with E-state index in [1.165, 1.54) is 16.9 Å². The number of para-hydroxylation sites is 2. The molecule has 5 aliphatic rings. The Balaban J connectivity index is 1.36. The van der Waals surface area contributed by atoms with Gasteiger partial charge < -0.3 is 4.74 Å². The van der Waals surface area contributed by atoms with Gasteiger partial charge >= 0.3 is 0 Å². The van der Waals surface area contributed by atoms with Crippen LogP contribution in [0.15, 0.2) is 60.7 Å². The molecule has 7 rings (SSSR count). The van der Waals surface area contributed by atoms with Crippen LogP contribution in [0.3, 0.4) is 0 Å². The van der Waals surface area contributed by atoms with Gasteiger partial charge in [-0.15, -0.1) is 0 Å². The van der Waals surface area contributed by atoms with Gasteiger partial charge in [-0.05, 0) is 66.5 Å². The SMILES string of the molecule is COc1ccccc1N(CN1C(=O)[C@@H]2[C@H]3C=C[C@@H]([C@@H]4C[C@@H]34)[C@H]2C1=O)C(=O)c1ccc(Cl)cc1. The molecular weight excluding hydrogens is 440 g/mol. The molecular formula is C26H23ClN2O4. The summed E-state index contributed by atoms with van der Waals surface area (Å²) in [6.45, 7) is -0.152. The van der Waals surface area contributed by atoms with Crippen LogP contribution in [0.2, 0.25) is 5.02 Å². The van der Waals surface area contributed by atoms with Crippen molar-refractivity contribution in [1.82, 2.24) is 4.90 Å². The highest BCUT2D eigenvalue weighted by molar-refractivity contribution is 6.30. The summed E-state index contributed by atoms with van der Waals surface area (Å²) in [6, 6.07) is 13.7. The molecule has 0 spiro atoms. The van der Waals surface area contributed by atoms with Crippen LogP contribution in [0.25, 0.3) is 0 Å². The second-order valence-electron chi connectivity index (χ2n) is 9.31. The zero-order chi connectivity index (χ0) is 22.9. The number of carbonyl (C=O) groups excluding carboxylic acids is 3. The number of imide groups is 1. The maximum atomic E-state index is 13.6. The van der Waals surface area contributed by atoms with Crippen LogP contribution in [0.4, 0.5) is 5.69 Å². The molecule has 6 nitrogen and oxygen atoms in total. The van der Waals surface area contributed by atoms with Crippen LogP contribution in [-0.4, -0.2) is 36.4 Å². The van der Waals surface area contributed by atoms with Crippen LogP contribution in [0.1, 0.15) is 16.8 Å². The molecule has 3 fully saturated rings. The summed E-state index contributed by atoms with van der Waals surface area (Å²) >= 11 is 6.01. The second-order valence-corrected chi connectivity index (χ2v) is 9.75. The minimum absolute atomic E-state index is 0.137. The number of likely N-dealkylation sites (tertiary alicyclic amines) is 1. The van der Waals surface area contributed by atoms with Crippen LogP contribution in [0, 0.1) is 35.5 Å². The number of hydrogen-bond donors (Lipinski definition) is 0. The van der Waals surface area contributed by atoms with E-state index in [2.05, 4.69) is 12.2 Å². The molecule has 6 atom stereocenters. The van der Waals surface area contributed by atoms with Crippen molar-refractivity contribution in [2.75, 3.05) is 18.7 Å². The molecule has 2 bridgehead atoms. The number of ether oxygens (including phenoxy) is 1. The van der Waals surface area contributed by atoms with Crippen molar-refractivity contribution >= 4 is 35.0 Å². The third kappa shape index (κ3) is 3.04. The van der Waals surface area contributed by atoms with Gasteiger partial charge in [-0.2, -0.15) is 0 Å². The molecule has 0 unspecified atom stereocenters. The fraction of sp³-hybridized carbons (Fsp3) is 0.346. The number of hydrogen-bond acceptors (Lipinski definition) is 4. The summed E-state index contributed by atoms with van der Waals surface area (Å²) < 4.78 is 5.49. The molecule has 3 amide bonds. The number of allylic oxidation sites excluding steroid dienone is 2. The van der Waals surface area contributed by atoms with E-state index < -0.39 is 0 Å². The number of methoxy groups -OCH3 is 1. The monoisotopic (exact) mass is 462 g/mol. The van der Waals surface area contributed by atoms with Crippen molar-refractivity contribution in [2.24, 2.45) is 35.5 Å². The highest BCUT2D eigenvalue weighted by atomic mass is 35.5. The van der Waals surface area contributed by atoms with Gasteiger partial charge in [-0.1, -0.05) is 35.9 Å². The van der Waals surface area contributed by atoms with E-state index in [1.54, 1.807) is 42.5 Å². The second kappa shape index (κ2) is 7.45. The van der Waals surface area contributed by atoms with Gasteiger partial charge in [0.25, 0.3) is 5.91 Å². The molecule has 168 valence electrons. The van der Waals surface area contributed by atoms with Crippen molar-refractivity contribution in [1.29, 1.82) is 0 Å². The molecule has 2 aromatic carbocycles. The van der Waals surface area contributed by atoms with Crippen molar-refractivity contribution in [3.63, 3.8) is 0 Å². The van der Waals surface area contributed by atoms with Crippen LogP contribution >= 0.6 is 11.6 Å². The first-order valence-corrected chi connectivity index (χ1v) is 11.6. The first-order valence-electron chi connectivity index (χ1n) is 11.2. The predicted octanol–water partition coefficient (Wildman–Crippen LogP) is 4.01. The minimum atomic E-state index is -0.337. The lowest BCUT2D eigenvalue weighted by atomic mass is 9.63. The quantitative estimate of drug-likeness (QED) is 0.497. The number of amides is 3. The van der Waals surface area contributed by atoms with Crippen molar-refractivity contribution in [3.05, 3.63) is 71.3 Å². The Bertz CT molecular complexity index is 1160. The molecule has 2 saturated carbocycles. The van der Waals surface area contributed by atoms with Gasteiger partial charge in [0.05, 0.1) is 24.6 Å². The summed E-state index contributed by atoms with van der Waals surface area (Å²) in [7, 11) is 1.53. The Morgan fingerprint density at radius 3 is 2.21 bits per heavy atom. The van der Waals surface area contributed by atoms with E-state index in [-0.39, 0.29) is 48.1 Å². The topological polar surface area (TPSA) is 66.9 Å². The summed E-state index contributed by atoms with van der Waals surface area (Å²) in [5, 5.41) is 0.519.